The molecule has 0 aliphatic carbocycles. The summed E-state index contributed by atoms with van der Waals surface area (Å²) in [4.78, 5) is 25.2. The summed E-state index contributed by atoms with van der Waals surface area (Å²) in [5.74, 6) is 0.220. The highest BCUT2D eigenvalue weighted by Crippen LogP contribution is 2.32. The number of carbonyl (C=O) groups excluding carboxylic acids is 2. The molecule has 0 aliphatic rings. The molecule has 4 rings (SSSR count). The molecule has 0 aliphatic heterocycles. The largest absolute Gasteiger partial charge is 0.494 e. The number of hydrogen-bond acceptors (Lipinski definition) is 3. The van der Waals surface area contributed by atoms with Crippen LogP contribution in [0.5, 0.6) is 5.75 Å². The lowest BCUT2D eigenvalue weighted by atomic mass is 10.1. The minimum Gasteiger partial charge on any atom is -0.494 e. The molecule has 0 heterocycles. The predicted octanol–water partition coefficient (Wildman–Crippen LogP) is 6.05. The predicted molar refractivity (Wildman–Crippen MR) is 129 cm³/mol. The Morgan fingerprint density at radius 3 is 2.19 bits per heavy atom. The van der Waals surface area contributed by atoms with E-state index in [9.17, 15) is 9.59 Å². The van der Waals surface area contributed by atoms with Gasteiger partial charge in [0.05, 0.1) is 18.5 Å². The van der Waals surface area contributed by atoms with E-state index in [0.29, 0.717) is 28.4 Å². The van der Waals surface area contributed by atoms with Gasteiger partial charge in [-0.3, -0.25) is 4.79 Å². The maximum atomic E-state index is 12.7. The SMILES string of the molecule is COc1cc(NC(=O)c2ccccc2)c(C)cc1NC(=O)Nc1cccc2ccccc12. The topological polar surface area (TPSA) is 79.5 Å². The van der Waals surface area contributed by atoms with Crippen molar-refractivity contribution in [2.75, 3.05) is 23.1 Å². The van der Waals surface area contributed by atoms with Gasteiger partial charge in [0.2, 0.25) is 0 Å². The molecule has 3 N–H and O–H groups in total. The highest BCUT2D eigenvalue weighted by molar-refractivity contribution is 6.07. The maximum absolute atomic E-state index is 12.7. The van der Waals surface area contributed by atoms with Crippen LogP contribution in [0, 0.1) is 6.92 Å². The summed E-state index contributed by atoms with van der Waals surface area (Å²) < 4.78 is 5.46. The van der Waals surface area contributed by atoms with Crippen LogP contribution >= 0.6 is 0 Å². The Labute approximate surface area is 186 Å². The van der Waals surface area contributed by atoms with E-state index in [-0.39, 0.29) is 11.9 Å². The van der Waals surface area contributed by atoms with Crippen LogP contribution in [0.4, 0.5) is 21.9 Å². The van der Waals surface area contributed by atoms with Crippen LogP contribution in [0.2, 0.25) is 0 Å². The second-order valence-corrected chi connectivity index (χ2v) is 7.29. The molecule has 6 heteroatoms. The van der Waals surface area contributed by atoms with E-state index in [1.54, 1.807) is 24.3 Å². The Hall–Kier alpha value is -4.32. The van der Waals surface area contributed by atoms with Crippen LogP contribution < -0.4 is 20.7 Å². The molecule has 4 aromatic rings. The normalized spacial score (nSPS) is 10.4. The third kappa shape index (κ3) is 4.54. The summed E-state index contributed by atoms with van der Waals surface area (Å²) in [5.41, 5.74) is 3.16. The number of fused-ring (bicyclic) bond motifs is 1. The summed E-state index contributed by atoms with van der Waals surface area (Å²) in [6.07, 6.45) is 0. The zero-order valence-corrected chi connectivity index (χ0v) is 17.8. The Bertz CT molecular complexity index is 1280. The van der Waals surface area contributed by atoms with Crippen LogP contribution in [0.15, 0.2) is 84.9 Å². The smallest absolute Gasteiger partial charge is 0.323 e. The minimum atomic E-state index is -0.389. The first kappa shape index (κ1) is 20.9. The number of nitrogens with one attached hydrogen (secondary N) is 3. The Balaban J connectivity index is 1.53. The third-order valence-corrected chi connectivity index (χ3v) is 5.12. The second kappa shape index (κ2) is 9.22. The van der Waals surface area contributed by atoms with Gasteiger partial charge in [0.25, 0.3) is 5.91 Å². The van der Waals surface area contributed by atoms with Crippen LogP contribution in [0.25, 0.3) is 10.8 Å². The summed E-state index contributed by atoms with van der Waals surface area (Å²) >= 11 is 0. The average molecular weight is 425 g/mol. The molecule has 0 spiro atoms. The van der Waals surface area contributed by atoms with Gasteiger partial charge >= 0.3 is 6.03 Å². The van der Waals surface area contributed by atoms with Crippen LogP contribution in [0.1, 0.15) is 15.9 Å². The number of urea groups is 1. The molecule has 0 unspecified atom stereocenters. The number of aryl methyl sites for hydroxylation is 1. The van der Waals surface area contributed by atoms with Gasteiger partial charge in [0.15, 0.2) is 0 Å². The van der Waals surface area contributed by atoms with Crippen molar-refractivity contribution in [1.29, 1.82) is 0 Å². The number of carbonyl (C=O) groups is 2. The first-order valence-electron chi connectivity index (χ1n) is 10.2. The number of hydrogen-bond donors (Lipinski definition) is 3. The molecule has 0 radical (unpaired) electrons. The standard InChI is InChI=1S/C26H23N3O3/c1-17-15-23(24(32-2)16-22(17)27-25(30)19-10-4-3-5-11-19)29-26(31)28-21-14-8-12-18-9-6-7-13-20(18)21/h3-16H,1-2H3,(H,27,30)(H2,28,29,31). The maximum Gasteiger partial charge on any atom is 0.323 e. The number of amides is 3. The van der Waals surface area contributed by atoms with Crippen LogP contribution in [0.3, 0.4) is 0 Å². The van der Waals surface area contributed by atoms with Crippen molar-refractivity contribution in [3.05, 3.63) is 96.1 Å². The van der Waals surface area contributed by atoms with Crippen molar-refractivity contribution < 1.29 is 14.3 Å². The monoisotopic (exact) mass is 425 g/mol. The van der Waals surface area contributed by atoms with Gasteiger partial charge in [0, 0.05) is 22.7 Å². The molecular weight excluding hydrogens is 402 g/mol. The Morgan fingerprint density at radius 2 is 1.41 bits per heavy atom. The highest BCUT2D eigenvalue weighted by atomic mass is 16.5. The second-order valence-electron chi connectivity index (χ2n) is 7.29. The fourth-order valence-electron chi connectivity index (χ4n) is 3.48. The molecule has 0 aromatic heterocycles. The van der Waals surface area contributed by atoms with E-state index in [1.807, 2.05) is 67.6 Å². The molecule has 0 saturated carbocycles. The van der Waals surface area contributed by atoms with Gasteiger partial charge in [-0.05, 0) is 42.1 Å². The van der Waals surface area contributed by atoms with Gasteiger partial charge in [-0.15, -0.1) is 0 Å². The van der Waals surface area contributed by atoms with Crippen molar-refractivity contribution in [2.45, 2.75) is 6.92 Å². The van der Waals surface area contributed by atoms with Crippen molar-refractivity contribution >= 4 is 39.8 Å². The lowest BCUT2D eigenvalue weighted by Crippen LogP contribution is -2.20. The fraction of sp³-hybridized carbons (Fsp3) is 0.0769. The van der Waals surface area contributed by atoms with Crippen LogP contribution in [-0.2, 0) is 0 Å². The number of methoxy groups -OCH3 is 1. The number of rotatable bonds is 5. The molecule has 3 amide bonds. The molecule has 32 heavy (non-hydrogen) atoms. The van der Waals surface area contributed by atoms with E-state index in [1.165, 1.54) is 7.11 Å². The van der Waals surface area contributed by atoms with Crippen molar-refractivity contribution in [2.24, 2.45) is 0 Å². The van der Waals surface area contributed by atoms with Crippen LogP contribution in [-0.4, -0.2) is 19.0 Å². The summed E-state index contributed by atoms with van der Waals surface area (Å²) in [5, 5.41) is 10.6. The summed E-state index contributed by atoms with van der Waals surface area (Å²) in [7, 11) is 1.52. The van der Waals surface area contributed by atoms with Gasteiger partial charge in [-0.2, -0.15) is 0 Å². The van der Waals surface area contributed by atoms with E-state index in [4.69, 9.17) is 4.74 Å². The van der Waals surface area contributed by atoms with E-state index in [2.05, 4.69) is 16.0 Å². The average Bonchev–Trinajstić information content (AvgIpc) is 2.81. The zero-order valence-electron chi connectivity index (χ0n) is 17.8. The number of ether oxygens (including phenoxy) is 1. The van der Waals surface area contributed by atoms with Gasteiger partial charge in [-0.1, -0.05) is 54.6 Å². The molecule has 0 bridgehead atoms. The van der Waals surface area contributed by atoms with Gasteiger partial charge in [-0.25, -0.2) is 4.79 Å². The molecule has 160 valence electrons. The fourth-order valence-corrected chi connectivity index (χ4v) is 3.48. The number of benzene rings is 4. The Kier molecular flexibility index (Phi) is 6.03. The first-order valence-corrected chi connectivity index (χ1v) is 10.2. The molecule has 4 aromatic carbocycles. The van der Waals surface area contributed by atoms with E-state index < -0.39 is 0 Å². The summed E-state index contributed by atoms with van der Waals surface area (Å²) in [6.45, 7) is 1.85. The molecule has 0 atom stereocenters. The van der Waals surface area contributed by atoms with Gasteiger partial charge in [0.1, 0.15) is 5.75 Å². The van der Waals surface area contributed by atoms with Crippen molar-refractivity contribution in [1.82, 2.24) is 0 Å². The lowest BCUT2D eigenvalue weighted by Gasteiger charge is -2.16. The van der Waals surface area contributed by atoms with Crippen molar-refractivity contribution in [3.63, 3.8) is 0 Å². The minimum absolute atomic E-state index is 0.217. The molecule has 0 fully saturated rings. The van der Waals surface area contributed by atoms with Gasteiger partial charge < -0.3 is 20.7 Å². The quantitative estimate of drug-likeness (QED) is 0.364. The molecular formula is C26H23N3O3. The number of anilines is 3. The lowest BCUT2D eigenvalue weighted by molar-refractivity contribution is 0.102. The Morgan fingerprint density at radius 1 is 0.719 bits per heavy atom. The molecule has 6 nitrogen and oxygen atoms in total. The zero-order chi connectivity index (χ0) is 22.5. The van der Waals surface area contributed by atoms with Crippen molar-refractivity contribution in [3.8, 4) is 5.75 Å². The molecule has 0 saturated heterocycles. The first-order chi connectivity index (χ1) is 15.5. The van der Waals surface area contributed by atoms with E-state index in [0.717, 1.165) is 16.3 Å². The highest BCUT2D eigenvalue weighted by Gasteiger charge is 2.14. The van der Waals surface area contributed by atoms with E-state index >= 15 is 0 Å². The third-order valence-electron chi connectivity index (χ3n) is 5.12. The summed E-state index contributed by atoms with van der Waals surface area (Å²) in [6, 6.07) is 25.6.